The Balaban J connectivity index is 1.47. The number of aliphatic hydroxyl groups excluding tert-OH is 3. The molecule has 6 heteroatoms. The first-order valence-electron chi connectivity index (χ1n) is 12.7. The van der Waals surface area contributed by atoms with Crippen LogP contribution in [0.5, 0.6) is 0 Å². The Morgan fingerprint density at radius 2 is 1.97 bits per heavy atom. The van der Waals surface area contributed by atoms with Gasteiger partial charge in [-0.1, -0.05) is 0 Å². The molecule has 0 aromatic heterocycles. The first kappa shape index (κ1) is 26.1. The second-order valence-corrected chi connectivity index (χ2v) is 18.6. The molecule has 190 valence electrons. The quantitative estimate of drug-likeness (QED) is 0.183. The molecule has 6 atom stereocenters. The predicted molar refractivity (Wildman–Crippen MR) is 144 cm³/mol. The summed E-state index contributed by atoms with van der Waals surface area (Å²) in [6, 6.07) is 0. The zero-order chi connectivity index (χ0) is 24.7. The van der Waals surface area contributed by atoms with Crippen LogP contribution in [0.2, 0.25) is 0 Å². The van der Waals surface area contributed by atoms with E-state index in [4.69, 9.17) is 4.74 Å². The number of carbonyl (C=O) groups is 1. The van der Waals surface area contributed by atoms with Gasteiger partial charge in [0.15, 0.2) is 0 Å². The first-order valence-corrected chi connectivity index (χ1v) is 16.5. The summed E-state index contributed by atoms with van der Waals surface area (Å²) in [5.74, 6) is 0.307. The van der Waals surface area contributed by atoms with E-state index < -0.39 is 43.5 Å². The molecule has 4 rings (SSSR count). The van der Waals surface area contributed by atoms with Gasteiger partial charge in [-0.05, 0) is 0 Å². The normalized spacial score (nSPS) is 38.2. The monoisotopic (exact) mass is 584 g/mol. The molecule has 0 spiro atoms. The van der Waals surface area contributed by atoms with Crippen molar-refractivity contribution < 1.29 is 24.9 Å². The fourth-order valence-corrected chi connectivity index (χ4v) is 15.6. The standard InChI is InChI=1S/C28H41IO5/c1-18(7-10-25(32)28(13-14-28)26(33)34-4)29-15-11-23-20(6-5-12-27(23,29)3)8-9-21-16-22(30)17-24(31)19(21)2/h7-10,18,22-25,30-32H,2,5-6,11-17H2,1,3-4H3/b10-7+,20-8+,21-9-/t18-,22-,23?,24+,25-,27+/m1/s1. The van der Waals surface area contributed by atoms with Crippen LogP contribution in [0.15, 0.2) is 47.6 Å². The summed E-state index contributed by atoms with van der Waals surface area (Å²) in [5, 5.41) is 30.9. The molecule has 0 aromatic rings. The van der Waals surface area contributed by atoms with Crippen molar-refractivity contribution in [1.82, 2.24) is 0 Å². The molecule has 3 N–H and O–H groups in total. The van der Waals surface area contributed by atoms with Gasteiger partial charge in [-0.15, -0.1) is 0 Å². The molecule has 4 fully saturated rings. The molecule has 1 heterocycles. The number of rotatable bonds is 6. The van der Waals surface area contributed by atoms with Crippen molar-refractivity contribution in [1.29, 1.82) is 0 Å². The van der Waals surface area contributed by atoms with E-state index in [2.05, 4.69) is 38.7 Å². The Kier molecular flexibility index (Phi) is 7.83. The molecule has 1 unspecified atom stereocenters. The summed E-state index contributed by atoms with van der Waals surface area (Å²) in [6.45, 7) is 8.87. The summed E-state index contributed by atoms with van der Waals surface area (Å²) in [4.78, 5) is 12.1. The number of halogens is 1. The Morgan fingerprint density at radius 3 is 2.65 bits per heavy atom. The first-order chi connectivity index (χ1) is 16.1. The van der Waals surface area contributed by atoms with Gasteiger partial charge in [0.1, 0.15) is 0 Å². The zero-order valence-electron chi connectivity index (χ0n) is 20.8. The topological polar surface area (TPSA) is 87.0 Å². The molecule has 1 aliphatic heterocycles. The van der Waals surface area contributed by atoms with Crippen molar-refractivity contribution in [2.75, 3.05) is 11.5 Å². The zero-order valence-corrected chi connectivity index (χ0v) is 23.0. The molecule has 1 saturated heterocycles. The van der Waals surface area contributed by atoms with Crippen molar-refractivity contribution in [3.05, 3.63) is 47.6 Å². The van der Waals surface area contributed by atoms with E-state index in [9.17, 15) is 20.1 Å². The minimum absolute atomic E-state index is 0.291. The number of carbonyl (C=O) groups excluding carboxylic acids is 1. The average Bonchev–Trinajstić information content (AvgIpc) is 3.54. The van der Waals surface area contributed by atoms with E-state index in [1.165, 1.54) is 36.4 Å². The molecule has 3 saturated carbocycles. The van der Waals surface area contributed by atoms with Crippen LogP contribution in [0.3, 0.4) is 0 Å². The Labute approximate surface area is 211 Å². The van der Waals surface area contributed by atoms with Crippen molar-refractivity contribution in [3.63, 3.8) is 0 Å². The van der Waals surface area contributed by atoms with Crippen LogP contribution in [-0.4, -0.2) is 58.5 Å². The SMILES string of the molecule is C=C1/C(=C\C=C2/CCC[C@@]3(C)C2CCI3[C@H](C)/C=C/[C@@H](O)C2(C(=O)OC)CC2)C[C@@H](O)C[C@@H]1O. The number of alkyl halides is 3. The molecule has 34 heavy (non-hydrogen) atoms. The van der Waals surface area contributed by atoms with E-state index in [1.807, 2.05) is 6.08 Å². The number of hydrogen-bond acceptors (Lipinski definition) is 5. The third kappa shape index (κ3) is 4.84. The van der Waals surface area contributed by atoms with Crippen LogP contribution in [0, 0.1) is 11.3 Å². The number of fused-ring (bicyclic) bond motifs is 1. The maximum atomic E-state index is 12.1. The summed E-state index contributed by atoms with van der Waals surface area (Å²) in [6.07, 6.45) is 13.7. The fraction of sp³-hybridized carbons (Fsp3) is 0.679. The predicted octanol–water partition coefficient (Wildman–Crippen LogP) is 4.64. The molecule has 0 bridgehead atoms. The molecule has 0 radical (unpaired) electrons. The summed E-state index contributed by atoms with van der Waals surface area (Å²) in [7, 11) is 1.40. The average molecular weight is 585 g/mol. The second-order valence-electron chi connectivity index (χ2n) is 10.8. The van der Waals surface area contributed by atoms with Gasteiger partial charge < -0.3 is 0 Å². The van der Waals surface area contributed by atoms with E-state index in [0.29, 0.717) is 38.9 Å². The van der Waals surface area contributed by atoms with Gasteiger partial charge in [-0.3, -0.25) is 0 Å². The summed E-state index contributed by atoms with van der Waals surface area (Å²) < 4.78 is 7.07. The van der Waals surface area contributed by atoms with Gasteiger partial charge in [0.05, 0.1) is 0 Å². The summed E-state index contributed by atoms with van der Waals surface area (Å²) in [5.41, 5.74) is 2.53. The number of ether oxygens (including phenoxy) is 1. The third-order valence-electron chi connectivity index (χ3n) is 8.65. The molecular weight excluding hydrogens is 543 g/mol. The number of hydrogen-bond donors (Lipinski definition) is 3. The van der Waals surface area contributed by atoms with Crippen molar-refractivity contribution in [2.45, 2.75) is 90.9 Å². The maximum absolute atomic E-state index is 12.1. The third-order valence-corrected chi connectivity index (χ3v) is 17.7. The van der Waals surface area contributed by atoms with Crippen LogP contribution in [0.25, 0.3) is 0 Å². The van der Waals surface area contributed by atoms with Gasteiger partial charge in [0.2, 0.25) is 0 Å². The van der Waals surface area contributed by atoms with Gasteiger partial charge in [-0.25, -0.2) is 0 Å². The van der Waals surface area contributed by atoms with E-state index >= 15 is 0 Å². The van der Waals surface area contributed by atoms with Crippen LogP contribution in [0.4, 0.5) is 0 Å². The number of allylic oxidation sites excluding steroid dienone is 4. The van der Waals surface area contributed by atoms with E-state index in [0.717, 1.165) is 17.6 Å². The van der Waals surface area contributed by atoms with Crippen LogP contribution >= 0.6 is 19.8 Å². The van der Waals surface area contributed by atoms with Crippen molar-refractivity contribution in [2.24, 2.45) is 11.3 Å². The van der Waals surface area contributed by atoms with Gasteiger partial charge in [0, 0.05) is 0 Å². The van der Waals surface area contributed by atoms with E-state index in [-0.39, 0.29) is 5.97 Å². The van der Waals surface area contributed by atoms with Gasteiger partial charge in [-0.2, -0.15) is 0 Å². The minimum atomic E-state index is -1.37. The van der Waals surface area contributed by atoms with Crippen molar-refractivity contribution >= 4 is 25.8 Å². The number of esters is 1. The van der Waals surface area contributed by atoms with E-state index in [1.54, 1.807) is 0 Å². The fourth-order valence-electron chi connectivity index (χ4n) is 6.31. The van der Waals surface area contributed by atoms with Crippen LogP contribution in [0.1, 0.15) is 65.2 Å². The van der Waals surface area contributed by atoms with Crippen LogP contribution in [-0.2, 0) is 9.53 Å². The second kappa shape index (κ2) is 10.2. The molecule has 4 aliphatic rings. The molecule has 5 nitrogen and oxygen atoms in total. The van der Waals surface area contributed by atoms with Crippen molar-refractivity contribution in [3.8, 4) is 0 Å². The van der Waals surface area contributed by atoms with Gasteiger partial charge >= 0.3 is 212 Å². The molecule has 0 amide bonds. The number of methoxy groups -OCH3 is 1. The Morgan fingerprint density at radius 1 is 1.24 bits per heavy atom. The number of aliphatic hydroxyl groups is 3. The Bertz CT molecular complexity index is 900. The molecule has 0 aromatic carbocycles. The van der Waals surface area contributed by atoms with Gasteiger partial charge in [0.25, 0.3) is 0 Å². The molecular formula is C28H41IO5. The Hall–Kier alpha value is -0.960. The van der Waals surface area contributed by atoms with Crippen LogP contribution < -0.4 is 0 Å². The molecule has 3 aliphatic carbocycles. The summed E-state index contributed by atoms with van der Waals surface area (Å²) >= 11 is -1.37.